The van der Waals surface area contributed by atoms with Crippen LogP contribution in [0.25, 0.3) is 0 Å². The molecular weight excluding hydrogens is 355 g/mol. The smallest absolute Gasteiger partial charge is 0.230 e. The first kappa shape index (κ1) is 20.1. The SMILES string of the molecule is CC(C)C(C(=O)N1CCN(C(=O)Cc2ccc(F)cc2)CC1)c1ccccc1. The first-order valence-electron chi connectivity index (χ1n) is 9.81. The van der Waals surface area contributed by atoms with Crippen molar-refractivity contribution in [1.82, 2.24) is 9.80 Å². The summed E-state index contributed by atoms with van der Waals surface area (Å²) in [5.74, 6) is -0.119. The van der Waals surface area contributed by atoms with E-state index in [1.165, 1.54) is 12.1 Å². The molecule has 1 heterocycles. The van der Waals surface area contributed by atoms with Gasteiger partial charge in [0.05, 0.1) is 12.3 Å². The number of halogens is 1. The molecule has 148 valence electrons. The van der Waals surface area contributed by atoms with Crippen LogP contribution in [0.5, 0.6) is 0 Å². The molecule has 28 heavy (non-hydrogen) atoms. The van der Waals surface area contributed by atoms with E-state index in [4.69, 9.17) is 0 Å². The van der Waals surface area contributed by atoms with Crippen molar-refractivity contribution in [1.29, 1.82) is 0 Å². The summed E-state index contributed by atoms with van der Waals surface area (Å²) in [5.41, 5.74) is 1.84. The summed E-state index contributed by atoms with van der Waals surface area (Å²) in [5, 5.41) is 0. The highest BCUT2D eigenvalue weighted by molar-refractivity contribution is 5.84. The molecule has 1 atom stereocenters. The number of benzene rings is 2. The summed E-state index contributed by atoms with van der Waals surface area (Å²) in [6.45, 7) is 6.29. The first-order chi connectivity index (χ1) is 13.5. The van der Waals surface area contributed by atoms with E-state index in [9.17, 15) is 14.0 Å². The summed E-state index contributed by atoms with van der Waals surface area (Å²) in [4.78, 5) is 29.3. The zero-order valence-electron chi connectivity index (χ0n) is 16.5. The Morgan fingerprint density at radius 3 is 2.04 bits per heavy atom. The van der Waals surface area contributed by atoms with Gasteiger partial charge in [0.1, 0.15) is 5.82 Å². The zero-order chi connectivity index (χ0) is 20.1. The van der Waals surface area contributed by atoms with Crippen molar-refractivity contribution in [3.8, 4) is 0 Å². The van der Waals surface area contributed by atoms with Crippen LogP contribution >= 0.6 is 0 Å². The van der Waals surface area contributed by atoms with Gasteiger partial charge in [0, 0.05) is 26.2 Å². The maximum Gasteiger partial charge on any atom is 0.230 e. The summed E-state index contributed by atoms with van der Waals surface area (Å²) in [6, 6.07) is 15.9. The monoisotopic (exact) mass is 382 g/mol. The van der Waals surface area contributed by atoms with Gasteiger partial charge in [-0.15, -0.1) is 0 Å². The van der Waals surface area contributed by atoms with Crippen molar-refractivity contribution in [2.75, 3.05) is 26.2 Å². The number of piperazine rings is 1. The van der Waals surface area contributed by atoms with Crippen molar-refractivity contribution in [2.24, 2.45) is 5.92 Å². The third kappa shape index (κ3) is 4.77. The van der Waals surface area contributed by atoms with Gasteiger partial charge in [0.2, 0.25) is 11.8 Å². The lowest BCUT2D eigenvalue weighted by atomic mass is 9.87. The fourth-order valence-corrected chi connectivity index (χ4v) is 3.73. The predicted octanol–water partition coefficient (Wildman–Crippen LogP) is 3.48. The third-order valence-corrected chi connectivity index (χ3v) is 5.30. The highest BCUT2D eigenvalue weighted by atomic mass is 19.1. The van der Waals surface area contributed by atoms with Crippen LogP contribution < -0.4 is 0 Å². The second-order valence-corrected chi connectivity index (χ2v) is 7.64. The summed E-state index contributed by atoms with van der Waals surface area (Å²) in [7, 11) is 0. The lowest BCUT2D eigenvalue weighted by Crippen LogP contribution is -2.52. The van der Waals surface area contributed by atoms with Crippen molar-refractivity contribution in [3.05, 3.63) is 71.5 Å². The topological polar surface area (TPSA) is 40.6 Å². The maximum absolute atomic E-state index is 13.1. The van der Waals surface area contributed by atoms with E-state index in [2.05, 4.69) is 13.8 Å². The number of carbonyl (C=O) groups excluding carboxylic acids is 2. The van der Waals surface area contributed by atoms with Crippen molar-refractivity contribution in [2.45, 2.75) is 26.2 Å². The molecule has 2 aromatic carbocycles. The lowest BCUT2D eigenvalue weighted by Gasteiger charge is -2.37. The molecule has 0 spiro atoms. The summed E-state index contributed by atoms with van der Waals surface area (Å²) < 4.78 is 13.0. The van der Waals surface area contributed by atoms with Crippen LogP contribution in [0.2, 0.25) is 0 Å². The molecule has 1 fully saturated rings. The van der Waals surface area contributed by atoms with Crippen LogP contribution in [0.3, 0.4) is 0 Å². The van der Waals surface area contributed by atoms with Gasteiger partial charge in [-0.05, 0) is 29.2 Å². The van der Waals surface area contributed by atoms with E-state index in [1.807, 2.05) is 35.2 Å². The second-order valence-electron chi connectivity index (χ2n) is 7.64. The van der Waals surface area contributed by atoms with Crippen LogP contribution in [-0.4, -0.2) is 47.8 Å². The Hall–Kier alpha value is -2.69. The molecule has 0 bridgehead atoms. The van der Waals surface area contributed by atoms with Gasteiger partial charge in [-0.2, -0.15) is 0 Å². The molecule has 0 aliphatic carbocycles. The van der Waals surface area contributed by atoms with E-state index in [0.29, 0.717) is 26.2 Å². The predicted molar refractivity (Wildman–Crippen MR) is 107 cm³/mol. The highest BCUT2D eigenvalue weighted by Crippen LogP contribution is 2.27. The Morgan fingerprint density at radius 1 is 0.893 bits per heavy atom. The van der Waals surface area contributed by atoms with Crippen molar-refractivity contribution < 1.29 is 14.0 Å². The number of hydrogen-bond donors (Lipinski definition) is 0. The zero-order valence-corrected chi connectivity index (χ0v) is 16.5. The van der Waals surface area contributed by atoms with Gasteiger partial charge >= 0.3 is 0 Å². The van der Waals surface area contributed by atoms with Gasteiger partial charge in [0.25, 0.3) is 0 Å². The Bertz CT molecular complexity index is 797. The fourth-order valence-electron chi connectivity index (χ4n) is 3.73. The Kier molecular flexibility index (Phi) is 6.45. The molecule has 0 N–H and O–H groups in total. The largest absolute Gasteiger partial charge is 0.339 e. The van der Waals surface area contributed by atoms with Crippen LogP contribution in [-0.2, 0) is 16.0 Å². The average Bonchev–Trinajstić information content (AvgIpc) is 2.70. The minimum Gasteiger partial charge on any atom is -0.339 e. The third-order valence-electron chi connectivity index (χ3n) is 5.30. The number of nitrogens with zero attached hydrogens (tertiary/aromatic N) is 2. The van der Waals surface area contributed by atoms with E-state index in [0.717, 1.165) is 11.1 Å². The quantitative estimate of drug-likeness (QED) is 0.794. The molecule has 5 heteroatoms. The molecule has 1 aliphatic rings. The Labute approximate surface area is 166 Å². The van der Waals surface area contributed by atoms with Gasteiger partial charge in [-0.1, -0.05) is 56.3 Å². The van der Waals surface area contributed by atoms with Gasteiger partial charge in [-0.25, -0.2) is 4.39 Å². The van der Waals surface area contributed by atoms with Crippen LogP contribution in [0, 0.1) is 11.7 Å². The Balaban J connectivity index is 1.58. The molecule has 0 aromatic heterocycles. The van der Waals surface area contributed by atoms with Crippen LogP contribution in [0.15, 0.2) is 54.6 Å². The first-order valence-corrected chi connectivity index (χ1v) is 9.81. The van der Waals surface area contributed by atoms with E-state index in [-0.39, 0.29) is 35.9 Å². The molecule has 2 amide bonds. The average molecular weight is 382 g/mol. The molecule has 1 aliphatic heterocycles. The molecule has 1 saturated heterocycles. The molecule has 1 unspecified atom stereocenters. The fraction of sp³-hybridized carbons (Fsp3) is 0.391. The number of hydrogen-bond acceptors (Lipinski definition) is 2. The highest BCUT2D eigenvalue weighted by Gasteiger charge is 2.31. The molecule has 3 rings (SSSR count). The van der Waals surface area contributed by atoms with E-state index in [1.54, 1.807) is 17.0 Å². The molecule has 4 nitrogen and oxygen atoms in total. The second kappa shape index (κ2) is 9.00. The standard InChI is InChI=1S/C23H27FN2O2/c1-17(2)22(19-6-4-3-5-7-19)23(28)26-14-12-25(13-15-26)21(27)16-18-8-10-20(24)11-9-18/h3-11,17,22H,12-16H2,1-2H3. The van der Waals surface area contributed by atoms with Gasteiger partial charge in [0.15, 0.2) is 0 Å². The minimum absolute atomic E-state index is 0.0159. The van der Waals surface area contributed by atoms with Crippen molar-refractivity contribution in [3.63, 3.8) is 0 Å². The van der Waals surface area contributed by atoms with Gasteiger partial charge < -0.3 is 9.80 Å². The van der Waals surface area contributed by atoms with Crippen molar-refractivity contribution >= 4 is 11.8 Å². The Morgan fingerprint density at radius 2 is 1.46 bits per heavy atom. The maximum atomic E-state index is 13.1. The van der Waals surface area contributed by atoms with Crippen LogP contribution in [0.4, 0.5) is 4.39 Å². The van der Waals surface area contributed by atoms with Crippen LogP contribution in [0.1, 0.15) is 30.9 Å². The minimum atomic E-state index is -0.304. The molecule has 0 radical (unpaired) electrons. The number of carbonyl (C=O) groups is 2. The number of rotatable bonds is 5. The van der Waals surface area contributed by atoms with E-state index >= 15 is 0 Å². The number of amides is 2. The molecule has 2 aromatic rings. The summed E-state index contributed by atoms with van der Waals surface area (Å²) >= 11 is 0. The summed E-state index contributed by atoms with van der Waals surface area (Å²) in [6.07, 6.45) is 0.257. The normalized spacial score (nSPS) is 15.6. The molecule has 0 saturated carbocycles. The van der Waals surface area contributed by atoms with E-state index < -0.39 is 0 Å². The molecular formula is C23H27FN2O2. The lowest BCUT2D eigenvalue weighted by molar-refractivity contribution is -0.140. The van der Waals surface area contributed by atoms with Gasteiger partial charge in [-0.3, -0.25) is 9.59 Å².